The summed E-state index contributed by atoms with van der Waals surface area (Å²) in [5.41, 5.74) is 0. The van der Waals surface area contributed by atoms with Gasteiger partial charge in [0, 0.05) is 14.0 Å². The molecule has 0 rings (SSSR count). The lowest BCUT2D eigenvalue weighted by atomic mass is 10.4. The zero-order valence-corrected chi connectivity index (χ0v) is 9.63. The fourth-order valence-corrected chi connectivity index (χ4v) is 0.901. The Hall–Kier alpha value is -1.01. The van der Waals surface area contributed by atoms with Gasteiger partial charge in [0.05, 0.1) is 13.1 Å². The maximum Gasteiger partial charge on any atom is 0.219 e. The minimum Gasteiger partial charge on any atom is -0.335 e. The highest BCUT2D eigenvalue weighted by molar-refractivity contribution is 5.73. The normalized spacial score (nSPS) is 9.50. The Balaban J connectivity index is 3.77. The Morgan fingerprint density at radius 2 is 1.64 bits per heavy atom. The molecule has 80 valence electrons. The first-order chi connectivity index (χ1) is 6.61. The van der Waals surface area contributed by atoms with Crippen LogP contribution in [0.2, 0.25) is 0 Å². The van der Waals surface area contributed by atoms with Crippen LogP contribution in [0.3, 0.4) is 0 Å². The molecule has 0 atom stereocenters. The number of hydrogen-bond donors (Lipinski definition) is 0. The highest BCUT2D eigenvalue weighted by Crippen LogP contribution is 1.84. The number of carbonyl (C=O) groups excluding carboxylic acids is 1. The lowest BCUT2D eigenvalue weighted by molar-refractivity contribution is -0.126. The molecule has 0 heterocycles. The van der Waals surface area contributed by atoms with E-state index in [2.05, 4.69) is 30.6 Å². The number of rotatable bonds is 4. The zero-order valence-electron chi connectivity index (χ0n) is 9.63. The highest BCUT2D eigenvalue weighted by Gasteiger charge is 1.97. The molecule has 0 spiro atoms. The summed E-state index contributed by atoms with van der Waals surface area (Å²) in [6.45, 7) is 9.14. The van der Waals surface area contributed by atoms with E-state index in [1.165, 1.54) is 0 Å². The summed E-state index contributed by atoms with van der Waals surface area (Å²) < 4.78 is 0. The summed E-state index contributed by atoms with van der Waals surface area (Å²) in [7, 11) is 1.76. The predicted octanol–water partition coefficient (Wildman–Crippen LogP) is 0.810. The van der Waals surface area contributed by atoms with Gasteiger partial charge in [-0.25, -0.2) is 0 Å². The van der Waals surface area contributed by atoms with E-state index in [-0.39, 0.29) is 5.91 Å². The van der Waals surface area contributed by atoms with Gasteiger partial charge < -0.3 is 4.90 Å². The van der Waals surface area contributed by atoms with Crippen LogP contribution in [-0.4, -0.2) is 48.9 Å². The molecule has 3 nitrogen and oxygen atoms in total. The third kappa shape index (κ3) is 5.60. The fraction of sp³-hybridized carbons (Fsp3) is 0.727. The van der Waals surface area contributed by atoms with Crippen LogP contribution in [0.15, 0.2) is 0 Å². The molecule has 0 saturated carbocycles. The molecule has 0 aliphatic heterocycles. The van der Waals surface area contributed by atoms with Gasteiger partial charge in [0.2, 0.25) is 5.91 Å². The van der Waals surface area contributed by atoms with E-state index in [1.54, 1.807) is 18.9 Å². The van der Waals surface area contributed by atoms with E-state index in [9.17, 15) is 4.79 Å². The summed E-state index contributed by atoms with van der Waals surface area (Å²) in [5.74, 6) is 6.09. The molecule has 0 aliphatic rings. The van der Waals surface area contributed by atoms with E-state index >= 15 is 0 Å². The molecule has 3 heteroatoms. The van der Waals surface area contributed by atoms with Gasteiger partial charge in [-0.05, 0) is 13.1 Å². The predicted molar refractivity (Wildman–Crippen MR) is 58.9 cm³/mol. The Morgan fingerprint density at radius 3 is 2.07 bits per heavy atom. The quantitative estimate of drug-likeness (QED) is 0.621. The van der Waals surface area contributed by atoms with Crippen LogP contribution in [-0.2, 0) is 4.79 Å². The molecule has 0 aromatic carbocycles. The molecular weight excluding hydrogens is 176 g/mol. The Kier molecular flexibility index (Phi) is 6.87. The lowest BCUT2D eigenvalue weighted by Crippen LogP contribution is -2.25. The van der Waals surface area contributed by atoms with Crippen LogP contribution in [0.4, 0.5) is 0 Å². The van der Waals surface area contributed by atoms with Crippen LogP contribution in [0.25, 0.3) is 0 Å². The van der Waals surface area contributed by atoms with Crippen molar-refractivity contribution in [3.05, 3.63) is 0 Å². The molecule has 0 saturated heterocycles. The fourth-order valence-electron chi connectivity index (χ4n) is 0.901. The van der Waals surface area contributed by atoms with Crippen LogP contribution < -0.4 is 0 Å². The summed E-state index contributed by atoms with van der Waals surface area (Å²) in [5, 5.41) is 0. The largest absolute Gasteiger partial charge is 0.335 e. The summed E-state index contributed by atoms with van der Waals surface area (Å²) >= 11 is 0. The van der Waals surface area contributed by atoms with E-state index in [0.29, 0.717) is 6.54 Å². The molecule has 1 amide bonds. The maximum absolute atomic E-state index is 10.8. The van der Waals surface area contributed by atoms with E-state index in [1.807, 2.05) is 0 Å². The lowest BCUT2D eigenvalue weighted by Gasteiger charge is -2.13. The third-order valence-electron chi connectivity index (χ3n) is 2.18. The summed E-state index contributed by atoms with van der Waals surface area (Å²) in [4.78, 5) is 14.7. The molecule has 0 aromatic rings. The molecule has 0 aromatic heterocycles. The van der Waals surface area contributed by atoms with Crippen molar-refractivity contribution in [2.45, 2.75) is 20.8 Å². The number of nitrogens with zero attached hydrogens (tertiary/aromatic N) is 2. The van der Waals surface area contributed by atoms with Crippen LogP contribution in [0.1, 0.15) is 20.8 Å². The first-order valence-electron chi connectivity index (χ1n) is 5.01. The first kappa shape index (κ1) is 13.0. The number of hydrogen-bond acceptors (Lipinski definition) is 2. The van der Waals surface area contributed by atoms with Crippen LogP contribution in [0.5, 0.6) is 0 Å². The van der Waals surface area contributed by atoms with Gasteiger partial charge in [-0.15, -0.1) is 0 Å². The SMILES string of the molecule is CCN(CC)CC#CCN(C)C(C)=O. The van der Waals surface area contributed by atoms with Gasteiger partial charge >= 0.3 is 0 Å². The second-order valence-corrected chi connectivity index (χ2v) is 3.19. The summed E-state index contributed by atoms with van der Waals surface area (Å²) in [6, 6.07) is 0. The van der Waals surface area contributed by atoms with Crippen molar-refractivity contribution >= 4 is 5.91 Å². The molecule has 0 radical (unpaired) electrons. The molecule has 14 heavy (non-hydrogen) atoms. The Bertz CT molecular complexity index is 223. The van der Waals surface area contributed by atoms with Gasteiger partial charge in [-0.2, -0.15) is 0 Å². The van der Waals surface area contributed by atoms with Crippen LogP contribution >= 0.6 is 0 Å². The minimum absolute atomic E-state index is 0.0575. The van der Waals surface area contributed by atoms with Crippen molar-refractivity contribution in [3.63, 3.8) is 0 Å². The first-order valence-corrected chi connectivity index (χ1v) is 5.01. The average molecular weight is 196 g/mol. The standard InChI is InChI=1S/C11H20N2O/c1-5-13(6-2)10-8-7-9-12(4)11(3)14/h5-6,9-10H2,1-4H3. The Labute approximate surface area is 87.1 Å². The monoisotopic (exact) mass is 196 g/mol. The number of amides is 1. The highest BCUT2D eigenvalue weighted by atomic mass is 16.2. The van der Waals surface area contributed by atoms with E-state index < -0.39 is 0 Å². The third-order valence-corrected chi connectivity index (χ3v) is 2.18. The van der Waals surface area contributed by atoms with Crippen molar-refractivity contribution in [1.82, 2.24) is 9.80 Å². The zero-order chi connectivity index (χ0) is 11.0. The summed E-state index contributed by atoms with van der Waals surface area (Å²) in [6.07, 6.45) is 0. The molecule has 0 N–H and O–H groups in total. The Morgan fingerprint density at radius 1 is 1.14 bits per heavy atom. The van der Waals surface area contributed by atoms with Gasteiger partial charge in [-0.3, -0.25) is 9.69 Å². The molecule has 0 unspecified atom stereocenters. The van der Waals surface area contributed by atoms with Crippen molar-refractivity contribution in [2.24, 2.45) is 0 Å². The molecule has 0 bridgehead atoms. The topological polar surface area (TPSA) is 23.6 Å². The molecule has 0 fully saturated rings. The van der Waals surface area contributed by atoms with E-state index in [0.717, 1.165) is 19.6 Å². The minimum atomic E-state index is 0.0575. The van der Waals surface area contributed by atoms with Gasteiger partial charge in [-0.1, -0.05) is 25.7 Å². The van der Waals surface area contributed by atoms with Crippen molar-refractivity contribution in [1.29, 1.82) is 0 Å². The van der Waals surface area contributed by atoms with Crippen LogP contribution in [0, 0.1) is 11.8 Å². The van der Waals surface area contributed by atoms with Crippen molar-refractivity contribution in [3.8, 4) is 11.8 Å². The second kappa shape index (κ2) is 7.40. The van der Waals surface area contributed by atoms with E-state index in [4.69, 9.17) is 0 Å². The van der Waals surface area contributed by atoms with Crippen molar-refractivity contribution in [2.75, 3.05) is 33.2 Å². The average Bonchev–Trinajstić information content (AvgIpc) is 2.17. The van der Waals surface area contributed by atoms with Gasteiger partial charge in [0.25, 0.3) is 0 Å². The van der Waals surface area contributed by atoms with Gasteiger partial charge in [0.1, 0.15) is 0 Å². The van der Waals surface area contributed by atoms with Crippen molar-refractivity contribution < 1.29 is 4.79 Å². The second-order valence-electron chi connectivity index (χ2n) is 3.19. The number of carbonyl (C=O) groups is 1. The smallest absolute Gasteiger partial charge is 0.219 e. The molecular formula is C11H20N2O. The molecule has 0 aliphatic carbocycles. The maximum atomic E-state index is 10.8. The van der Waals surface area contributed by atoms with Gasteiger partial charge in [0.15, 0.2) is 0 Å².